The molecule has 1 saturated carbocycles. The number of aryl methyl sites for hydroxylation is 1. The predicted molar refractivity (Wildman–Crippen MR) is 98.5 cm³/mol. The summed E-state index contributed by atoms with van der Waals surface area (Å²) in [7, 11) is 0. The summed E-state index contributed by atoms with van der Waals surface area (Å²) < 4.78 is 0. The molecule has 0 saturated heterocycles. The SMILES string of the molecule is Cc1ccc(C2(C(=O)CN3C(=O)c4ccccc4C3=O)CCC2)cc1Cl. The first-order chi connectivity index (χ1) is 12.4. The number of carbonyl (C=O) groups excluding carboxylic acids is 3. The predicted octanol–water partition coefficient (Wildman–Crippen LogP) is 3.94. The van der Waals surface area contributed by atoms with E-state index >= 15 is 0 Å². The van der Waals surface area contributed by atoms with Crippen molar-refractivity contribution in [2.24, 2.45) is 0 Å². The lowest BCUT2D eigenvalue weighted by Gasteiger charge is -2.41. The number of nitrogens with zero attached hydrogens (tertiary/aromatic N) is 1. The van der Waals surface area contributed by atoms with Gasteiger partial charge in [-0.25, -0.2) is 0 Å². The van der Waals surface area contributed by atoms with Crippen molar-refractivity contribution >= 4 is 29.2 Å². The van der Waals surface area contributed by atoms with Crippen LogP contribution in [-0.2, 0) is 10.2 Å². The molecule has 132 valence electrons. The van der Waals surface area contributed by atoms with Crippen molar-refractivity contribution in [2.45, 2.75) is 31.6 Å². The third-order valence-electron chi connectivity index (χ3n) is 5.65. The minimum atomic E-state index is -0.646. The van der Waals surface area contributed by atoms with E-state index in [2.05, 4.69) is 0 Å². The zero-order valence-electron chi connectivity index (χ0n) is 14.4. The Hall–Kier alpha value is -2.46. The first-order valence-electron chi connectivity index (χ1n) is 8.69. The Morgan fingerprint density at radius 3 is 2.19 bits per heavy atom. The summed E-state index contributed by atoms with van der Waals surface area (Å²) in [5.41, 5.74) is 1.92. The first-order valence-corrected chi connectivity index (χ1v) is 9.07. The van der Waals surface area contributed by atoms with Crippen molar-refractivity contribution in [1.29, 1.82) is 0 Å². The van der Waals surface area contributed by atoms with Gasteiger partial charge in [0.15, 0.2) is 5.78 Å². The zero-order valence-corrected chi connectivity index (χ0v) is 15.2. The average molecular weight is 368 g/mol. The van der Waals surface area contributed by atoms with Crippen LogP contribution in [0.2, 0.25) is 5.02 Å². The van der Waals surface area contributed by atoms with E-state index in [-0.39, 0.29) is 12.3 Å². The summed E-state index contributed by atoms with van der Waals surface area (Å²) in [5, 5.41) is 0.627. The number of ketones is 1. The van der Waals surface area contributed by atoms with E-state index in [0.29, 0.717) is 29.0 Å². The molecule has 2 aromatic rings. The minimum absolute atomic E-state index is 0.0989. The Morgan fingerprint density at radius 1 is 1.08 bits per heavy atom. The summed E-state index contributed by atoms with van der Waals surface area (Å²) in [6.07, 6.45) is 2.38. The number of benzene rings is 2. The molecular weight excluding hydrogens is 350 g/mol. The van der Waals surface area contributed by atoms with Crippen LogP contribution in [0.15, 0.2) is 42.5 Å². The maximum atomic E-state index is 13.2. The van der Waals surface area contributed by atoms with Crippen LogP contribution < -0.4 is 0 Å². The molecule has 0 aromatic heterocycles. The third kappa shape index (κ3) is 2.40. The number of amides is 2. The number of imide groups is 1. The first kappa shape index (κ1) is 17.0. The number of fused-ring (bicyclic) bond motifs is 1. The standard InChI is InChI=1S/C21H18ClNO3/c1-13-7-8-14(11-17(13)22)21(9-4-10-21)18(24)12-23-19(25)15-5-2-3-6-16(15)20(23)26/h2-3,5-8,11H,4,9-10,12H2,1H3. The fourth-order valence-corrected chi connectivity index (χ4v) is 4.01. The molecule has 1 aliphatic carbocycles. The molecule has 0 atom stereocenters. The molecule has 2 aromatic carbocycles. The van der Waals surface area contributed by atoms with Gasteiger partial charge in [0, 0.05) is 5.02 Å². The number of rotatable bonds is 4. The molecule has 1 fully saturated rings. The van der Waals surface area contributed by atoms with E-state index in [1.807, 2.05) is 25.1 Å². The van der Waals surface area contributed by atoms with Crippen LogP contribution in [0, 0.1) is 6.92 Å². The molecule has 0 radical (unpaired) electrons. The highest BCUT2D eigenvalue weighted by Gasteiger charge is 2.47. The van der Waals surface area contributed by atoms with Crippen LogP contribution in [0.25, 0.3) is 0 Å². The van der Waals surface area contributed by atoms with Crippen molar-refractivity contribution in [1.82, 2.24) is 4.90 Å². The fraction of sp³-hybridized carbons (Fsp3) is 0.286. The van der Waals surface area contributed by atoms with Crippen molar-refractivity contribution in [3.8, 4) is 0 Å². The number of Topliss-reactive ketones (excluding diaryl/α,β-unsaturated/α-hetero) is 1. The molecule has 0 spiro atoms. The van der Waals surface area contributed by atoms with Gasteiger partial charge in [0.1, 0.15) is 0 Å². The molecule has 2 aliphatic rings. The van der Waals surface area contributed by atoms with Gasteiger partial charge >= 0.3 is 0 Å². The van der Waals surface area contributed by atoms with Crippen LogP contribution in [-0.4, -0.2) is 29.0 Å². The molecular formula is C21H18ClNO3. The van der Waals surface area contributed by atoms with Crippen LogP contribution in [0.5, 0.6) is 0 Å². The molecule has 5 heteroatoms. The van der Waals surface area contributed by atoms with Gasteiger partial charge in [-0.1, -0.05) is 42.3 Å². The monoisotopic (exact) mass is 367 g/mol. The maximum absolute atomic E-state index is 13.2. The summed E-state index contributed by atoms with van der Waals surface area (Å²) in [4.78, 5) is 39.3. The number of halogens is 1. The van der Waals surface area contributed by atoms with Crippen LogP contribution in [0.1, 0.15) is 51.1 Å². The minimum Gasteiger partial charge on any atom is -0.297 e. The van der Waals surface area contributed by atoms with E-state index in [1.54, 1.807) is 24.3 Å². The fourth-order valence-electron chi connectivity index (χ4n) is 3.83. The third-order valence-corrected chi connectivity index (χ3v) is 6.05. The van der Waals surface area contributed by atoms with Gasteiger partial charge in [-0.3, -0.25) is 19.3 Å². The Labute approximate surface area is 156 Å². The summed E-state index contributed by atoms with van der Waals surface area (Å²) in [6.45, 7) is 1.72. The lowest BCUT2D eigenvalue weighted by molar-refractivity contribution is -0.128. The molecule has 0 bridgehead atoms. The normalized spacial score (nSPS) is 17.8. The van der Waals surface area contributed by atoms with E-state index in [9.17, 15) is 14.4 Å². The second kappa shape index (κ2) is 6.06. The van der Waals surface area contributed by atoms with E-state index in [0.717, 1.165) is 22.4 Å². The maximum Gasteiger partial charge on any atom is 0.261 e. The molecule has 0 unspecified atom stereocenters. The summed E-state index contributed by atoms with van der Waals surface area (Å²) in [5.74, 6) is -0.885. The second-order valence-corrected chi connectivity index (χ2v) is 7.47. The molecule has 1 heterocycles. The van der Waals surface area contributed by atoms with E-state index < -0.39 is 17.2 Å². The number of hydrogen-bond donors (Lipinski definition) is 0. The van der Waals surface area contributed by atoms with Gasteiger partial charge in [-0.15, -0.1) is 0 Å². The van der Waals surface area contributed by atoms with Gasteiger partial charge in [-0.2, -0.15) is 0 Å². The van der Waals surface area contributed by atoms with Crippen molar-refractivity contribution < 1.29 is 14.4 Å². The van der Waals surface area contributed by atoms with Crippen LogP contribution in [0.4, 0.5) is 0 Å². The largest absolute Gasteiger partial charge is 0.297 e. The van der Waals surface area contributed by atoms with Crippen molar-refractivity contribution in [3.05, 3.63) is 69.7 Å². The second-order valence-electron chi connectivity index (χ2n) is 7.06. The highest BCUT2D eigenvalue weighted by molar-refractivity contribution is 6.31. The van der Waals surface area contributed by atoms with Gasteiger partial charge in [0.2, 0.25) is 0 Å². The smallest absolute Gasteiger partial charge is 0.261 e. The molecule has 0 N–H and O–H groups in total. The number of carbonyl (C=O) groups is 3. The van der Waals surface area contributed by atoms with Crippen LogP contribution in [0.3, 0.4) is 0 Å². The lowest BCUT2D eigenvalue weighted by atomic mass is 9.61. The summed E-state index contributed by atoms with van der Waals surface area (Å²) in [6, 6.07) is 12.4. The highest BCUT2D eigenvalue weighted by Crippen LogP contribution is 2.45. The number of hydrogen-bond acceptors (Lipinski definition) is 3. The van der Waals surface area contributed by atoms with Gasteiger partial charge < -0.3 is 0 Å². The molecule has 26 heavy (non-hydrogen) atoms. The molecule has 4 rings (SSSR count). The molecule has 1 aliphatic heterocycles. The molecule has 4 nitrogen and oxygen atoms in total. The Morgan fingerprint density at radius 2 is 1.69 bits per heavy atom. The topological polar surface area (TPSA) is 54.5 Å². The van der Waals surface area contributed by atoms with Gasteiger partial charge in [-0.05, 0) is 49.1 Å². The molecule has 2 amide bonds. The lowest BCUT2D eigenvalue weighted by Crippen LogP contribution is -2.48. The Kier molecular flexibility index (Phi) is 3.96. The van der Waals surface area contributed by atoms with Crippen LogP contribution >= 0.6 is 11.6 Å². The Bertz CT molecular complexity index is 911. The van der Waals surface area contributed by atoms with Crippen molar-refractivity contribution in [2.75, 3.05) is 6.54 Å². The van der Waals surface area contributed by atoms with E-state index in [4.69, 9.17) is 11.6 Å². The zero-order chi connectivity index (χ0) is 18.5. The Balaban J connectivity index is 1.62. The van der Waals surface area contributed by atoms with E-state index in [1.165, 1.54) is 0 Å². The average Bonchev–Trinajstić information content (AvgIpc) is 2.82. The van der Waals surface area contributed by atoms with Gasteiger partial charge in [0.25, 0.3) is 11.8 Å². The quantitative estimate of drug-likeness (QED) is 0.769. The van der Waals surface area contributed by atoms with Crippen molar-refractivity contribution in [3.63, 3.8) is 0 Å². The highest BCUT2D eigenvalue weighted by atomic mass is 35.5. The van der Waals surface area contributed by atoms with Gasteiger partial charge in [0.05, 0.1) is 23.1 Å². The summed E-state index contributed by atoms with van der Waals surface area (Å²) >= 11 is 6.25.